The van der Waals surface area contributed by atoms with Crippen molar-refractivity contribution in [1.29, 1.82) is 0 Å². The van der Waals surface area contributed by atoms with E-state index in [4.69, 9.17) is 14.2 Å². The van der Waals surface area contributed by atoms with E-state index < -0.39 is 6.10 Å². The van der Waals surface area contributed by atoms with Crippen molar-refractivity contribution >= 4 is 5.91 Å². The number of methoxy groups -OCH3 is 2. The normalized spacial score (nSPS) is 21.2. The molecule has 1 amide bonds. The topological polar surface area (TPSA) is 48.0 Å². The molecule has 0 saturated carbocycles. The number of likely N-dealkylation sites (tertiary alicyclic amines) is 1. The molecule has 2 aromatic rings. The summed E-state index contributed by atoms with van der Waals surface area (Å²) in [7, 11) is 3.30. The lowest BCUT2D eigenvalue weighted by Gasteiger charge is -2.28. The molecule has 5 heteroatoms. The van der Waals surface area contributed by atoms with Crippen molar-refractivity contribution < 1.29 is 19.0 Å². The summed E-state index contributed by atoms with van der Waals surface area (Å²) in [5, 5.41) is 0. The number of carbonyl (C=O) groups is 1. The molecule has 2 unspecified atom stereocenters. The Morgan fingerprint density at radius 1 is 1.15 bits per heavy atom. The van der Waals surface area contributed by atoms with E-state index in [9.17, 15) is 4.79 Å². The third-order valence-electron chi connectivity index (χ3n) is 5.25. The minimum atomic E-state index is -0.440. The number of ether oxygens (including phenoxy) is 3. The molecule has 5 nitrogen and oxygen atoms in total. The molecule has 4 rings (SSSR count). The van der Waals surface area contributed by atoms with E-state index in [1.54, 1.807) is 14.2 Å². The van der Waals surface area contributed by atoms with Gasteiger partial charge in [-0.2, -0.15) is 0 Å². The van der Waals surface area contributed by atoms with Crippen LogP contribution in [0.2, 0.25) is 0 Å². The lowest BCUT2D eigenvalue weighted by Crippen LogP contribution is -2.41. The molecular formula is C21H23NO4. The fraction of sp³-hybridized carbons (Fsp3) is 0.381. The van der Waals surface area contributed by atoms with Crippen molar-refractivity contribution in [3.05, 3.63) is 53.6 Å². The summed E-state index contributed by atoms with van der Waals surface area (Å²) in [6.07, 6.45) is 2.07. The summed E-state index contributed by atoms with van der Waals surface area (Å²) in [5.41, 5.74) is 2.09. The molecule has 1 saturated heterocycles. The molecule has 2 aromatic carbocycles. The number of hydrogen-bond donors (Lipinski definition) is 0. The Balaban J connectivity index is 1.59. The minimum Gasteiger partial charge on any atom is -0.497 e. The SMILES string of the molecule is COc1ccc(OC)c(C2CCCN2C(=O)C2Cc3ccccc3O2)c1. The van der Waals surface area contributed by atoms with Gasteiger partial charge in [-0.25, -0.2) is 0 Å². The molecule has 26 heavy (non-hydrogen) atoms. The van der Waals surface area contributed by atoms with Crippen LogP contribution in [0.5, 0.6) is 17.2 Å². The van der Waals surface area contributed by atoms with Gasteiger partial charge in [-0.3, -0.25) is 4.79 Å². The number of benzene rings is 2. The molecule has 0 aromatic heterocycles. The van der Waals surface area contributed by atoms with Crippen LogP contribution in [-0.2, 0) is 11.2 Å². The molecule has 0 N–H and O–H groups in total. The van der Waals surface area contributed by atoms with Crippen LogP contribution in [0.3, 0.4) is 0 Å². The highest BCUT2D eigenvalue weighted by molar-refractivity contribution is 5.83. The summed E-state index contributed by atoms with van der Waals surface area (Å²) < 4.78 is 16.8. The van der Waals surface area contributed by atoms with E-state index in [0.29, 0.717) is 6.42 Å². The molecule has 136 valence electrons. The smallest absolute Gasteiger partial charge is 0.264 e. The quantitative estimate of drug-likeness (QED) is 0.846. The predicted molar refractivity (Wildman–Crippen MR) is 97.8 cm³/mol. The summed E-state index contributed by atoms with van der Waals surface area (Å²) in [6, 6.07) is 13.6. The maximum atomic E-state index is 13.2. The van der Waals surface area contributed by atoms with E-state index in [2.05, 4.69) is 0 Å². The first kappa shape index (κ1) is 16.8. The number of rotatable bonds is 4. The minimum absolute atomic E-state index is 0.0140. The largest absolute Gasteiger partial charge is 0.497 e. The van der Waals surface area contributed by atoms with Gasteiger partial charge in [0.25, 0.3) is 5.91 Å². The second-order valence-electron chi connectivity index (χ2n) is 6.72. The van der Waals surface area contributed by atoms with Crippen molar-refractivity contribution in [3.63, 3.8) is 0 Å². The Kier molecular flexibility index (Phi) is 4.45. The van der Waals surface area contributed by atoms with Gasteiger partial charge in [0.1, 0.15) is 17.2 Å². The van der Waals surface area contributed by atoms with Gasteiger partial charge in [0.2, 0.25) is 0 Å². The van der Waals surface area contributed by atoms with Crippen molar-refractivity contribution in [2.45, 2.75) is 31.4 Å². The number of nitrogens with zero attached hydrogens (tertiary/aromatic N) is 1. The van der Waals surface area contributed by atoms with Gasteiger partial charge in [-0.05, 0) is 42.7 Å². The number of para-hydroxylation sites is 1. The molecule has 2 aliphatic rings. The first-order valence-corrected chi connectivity index (χ1v) is 8.98. The van der Waals surface area contributed by atoms with Gasteiger partial charge >= 0.3 is 0 Å². The van der Waals surface area contributed by atoms with E-state index in [-0.39, 0.29) is 11.9 Å². The third kappa shape index (κ3) is 2.87. The van der Waals surface area contributed by atoms with Crippen LogP contribution in [0, 0.1) is 0 Å². The Labute approximate surface area is 153 Å². The Morgan fingerprint density at radius 2 is 2.00 bits per heavy atom. The monoisotopic (exact) mass is 353 g/mol. The second-order valence-corrected chi connectivity index (χ2v) is 6.72. The molecule has 0 spiro atoms. The highest BCUT2D eigenvalue weighted by atomic mass is 16.5. The molecule has 1 fully saturated rings. The molecule has 2 atom stereocenters. The average Bonchev–Trinajstić information content (AvgIpc) is 3.33. The average molecular weight is 353 g/mol. The zero-order chi connectivity index (χ0) is 18.1. The lowest BCUT2D eigenvalue weighted by molar-refractivity contribution is -0.138. The summed E-state index contributed by atoms with van der Waals surface area (Å²) in [5.74, 6) is 2.42. The van der Waals surface area contributed by atoms with Crippen LogP contribution in [0.25, 0.3) is 0 Å². The van der Waals surface area contributed by atoms with Gasteiger partial charge in [0.15, 0.2) is 6.10 Å². The molecule has 0 bridgehead atoms. The molecular weight excluding hydrogens is 330 g/mol. The van der Waals surface area contributed by atoms with Crippen LogP contribution >= 0.6 is 0 Å². The van der Waals surface area contributed by atoms with Gasteiger partial charge < -0.3 is 19.1 Å². The van der Waals surface area contributed by atoms with Crippen molar-refractivity contribution in [1.82, 2.24) is 4.90 Å². The van der Waals surface area contributed by atoms with Gasteiger partial charge in [0.05, 0.1) is 20.3 Å². The number of amides is 1. The fourth-order valence-electron chi connectivity index (χ4n) is 3.96. The van der Waals surface area contributed by atoms with Crippen LogP contribution in [0.15, 0.2) is 42.5 Å². The standard InChI is InChI=1S/C21H23NO4/c1-24-15-9-10-19(25-2)16(13-15)17-7-5-11-22(17)21(23)20-12-14-6-3-4-8-18(14)26-20/h3-4,6,8-10,13,17,20H,5,7,11-12H2,1-2H3. The van der Waals surface area contributed by atoms with Crippen molar-refractivity contribution in [2.24, 2.45) is 0 Å². The lowest BCUT2D eigenvalue weighted by atomic mass is 10.0. The zero-order valence-corrected chi connectivity index (χ0v) is 15.1. The first-order valence-electron chi connectivity index (χ1n) is 8.98. The van der Waals surface area contributed by atoms with Crippen molar-refractivity contribution in [2.75, 3.05) is 20.8 Å². The maximum absolute atomic E-state index is 13.2. The molecule has 0 radical (unpaired) electrons. The Bertz CT molecular complexity index is 794. The second kappa shape index (κ2) is 6.90. The molecule has 2 heterocycles. The van der Waals surface area contributed by atoms with Crippen LogP contribution in [0.1, 0.15) is 30.0 Å². The van der Waals surface area contributed by atoms with Crippen molar-refractivity contribution in [3.8, 4) is 17.2 Å². The van der Waals surface area contributed by atoms with E-state index >= 15 is 0 Å². The Morgan fingerprint density at radius 3 is 2.77 bits per heavy atom. The van der Waals surface area contributed by atoms with E-state index in [1.807, 2.05) is 47.4 Å². The highest BCUT2D eigenvalue weighted by Crippen LogP contribution is 2.40. The van der Waals surface area contributed by atoms with Gasteiger partial charge in [0, 0.05) is 18.5 Å². The molecule has 2 aliphatic heterocycles. The van der Waals surface area contributed by atoms with Gasteiger partial charge in [-0.1, -0.05) is 18.2 Å². The number of carbonyl (C=O) groups excluding carboxylic acids is 1. The summed E-state index contributed by atoms with van der Waals surface area (Å²) >= 11 is 0. The van der Waals surface area contributed by atoms with E-state index in [0.717, 1.165) is 47.8 Å². The Hall–Kier alpha value is -2.69. The van der Waals surface area contributed by atoms with Crippen LogP contribution in [-0.4, -0.2) is 37.7 Å². The fourth-order valence-corrected chi connectivity index (χ4v) is 3.96. The van der Waals surface area contributed by atoms with Crippen LogP contribution < -0.4 is 14.2 Å². The molecule has 0 aliphatic carbocycles. The van der Waals surface area contributed by atoms with E-state index in [1.165, 1.54) is 0 Å². The predicted octanol–water partition coefficient (Wildman–Crippen LogP) is 3.37. The zero-order valence-electron chi connectivity index (χ0n) is 15.1. The first-order chi connectivity index (χ1) is 12.7. The summed E-state index contributed by atoms with van der Waals surface area (Å²) in [6.45, 7) is 0.736. The van der Waals surface area contributed by atoms with Crippen LogP contribution in [0.4, 0.5) is 0 Å². The number of hydrogen-bond acceptors (Lipinski definition) is 4. The third-order valence-corrected chi connectivity index (χ3v) is 5.25. The number of fused-ring (bicyclic) bond motifs is 1. The maximum Gasteiger partial charge on any atom is 0.264 e. The van der Waals surface area contributed by atoms with Gasteiger partial charge in [-0.15, -0.1) is 0 Å². The highest BCUT2D eigenvalue weighted by Gasteiger charge is 2.38. The summed E-state index contributed by atoms with van der Waals surface area (Å²) in [4.78, 5) is 15.1.